The van der Waals surface area contributed by atoms with E-state index in [0.717, 1.165) is 46.8 Å². The molecule has 162 valence electrons. The number of hydrogen-bond acceptors (Lipinski definition) is 5. The molecule has 2 aromatic heterocycles. The number of aromatic nitrogens is 2. The van der Waals surface area contributed by atoms with E-state index >= 15 is 0 Å². The van der Waals surface area contributed by atoms with Gasteiger partial charge in [0.25, 0.3) is 0 Å². The molecule has 0 bridgehead atoms. The van der Waals surface area contributed by atoms with Crippen molar-refractivity contribution in [2.45, 2.75) is 75.7 Å². The van der Waals surface area contributed by atoms with Crippen molar-refractivity contribution in [2.24, 2.45) is 0 Å². The van der Waals surface area contributed by atoms with Gasteiger partial charge in [-0.25, -0.2) is 9.97 Å². The highest BCUT2D eigenvalue weighted by atomic mass is 32.2. The Hall–Kier alpha value is -2.27. The zero-order valence-corrected chi connectivity index (χ0v) is 20.0. The van der Waals surface area contributed by atoms with Crippen molar-refractivity contribution in [1.82, 2.24) is 9.97 Å². The average molecular weight is 435 g/mol. The van der Waals surface area contributed by atoms with Crippen LogP contribution in [0.25, 0.3) is 22.2 Å². The molecule has 5 rings (SSSR count). The molecule has 2 aromatic carbocycles. The molecule has 2 atom stereocenters. The number of fused-ring (bicyclic) bond motifs is 2. The van der Waals surface area contributed by atoms with Crippen LogP contribution in [0.5, 0.6) is 0 Å². The van der Waals surface area contributed by atoms with Crippen LogP contribution in [0.1, 0.15) is 87.8 Å². The molecule has 1 aliphatic heterocycles. The maximum Gasteiger partial charge on any atom is 0.208 e. The summed E-state index contributed by atoms with van der Waals surface area (Å²) >= 11 is 1.85. The van der Waals surface area contributed by atoms with Gasteiger partial charge in [0.15, 0.2) is 11.2 Å². The topological polar surface area (TPSA) is 52.1 Å². The molecule has 31 heavy (non-hydrogen) atoms. The Bertz CT molecular complexity index is 1160. The largest absolute Gasteiger partial charge is 0.439 e. The highest BCUT2D eigenvalue weighted by Gasteiger charge is 2.34. The summed E-state index contributed by atoms with van der Waals surface area (Å²) in [4.78, 5) is 9.63. The molecule has 0 saturated carbocycles. The molecule has 4 nitrogen and oxygen atoms in total. The Morgan fingerprint density at radius 2 is 1.26 bits per heavy atom. The Labute approximate surface area is 187 Å². The first-order valence-corrected chi connectivity index (χ1v) is 12.0. The molecular formula is C26H30N2O2S. The third kappa shape index (κ3) is 3.89. The number of thioether (sulfide) groups is 1. The maximum absolute atomic E-state index is 6.20. The van der Waals surface area contributed by atoms with Gasteiger partial charge in [-0.2, -0.15) is 0 Å². The highest BCUT2D eigenvalue weighted by molar-refractivity contribution is 8.00. The van der Waals surface area contributed by atoms with Gasteiger partial charge in [0, 0.05) is 0 Å². The fourth-order valence-corrected chi connectivity index (χ4v) is 5.47. The van der Waals surface area contributed by atoms with Crippen molar-refractivity contribution in [3.05, 3.63) is 59.3 Å². The van der Waals surface area contributed by atoms with Gasteiger partial charge in [0.1, 0.15) is 11.0 Å². The first-order chi connectivity index (χ1) is 14.6. The Kier molecular flexibility index (Phi) is 4.74. The third-order valence-electron chi connectivity index (χ3n) is 6.11. The number of benzene rings is 2. The molecule has 0 radical (unpaired) electrons. The molecule has 3 heterocycles. The van der Waals surface area contributed by atoms with E-state index < -0.39 is 0 Å². The summed E-state index contributed by atoms with van der Waals surface area (Å²) in [6.45, 7) is 13.3. The van der Waals surface area contributed by atoms with Crippen LogP contribution in [0, 0.1) is 0 Å². The Balaban J connectivity index is 1.38. The number of rotatable bonds is 2. The van der Waals surface area contributed by atoms with E-state index in [-0.39, 0.29) is 21.3 Å². The maximum atomic E-state index is 6.20. The second-order valence-electron chi connectivity index (χ2n) is 10.7. The van der Waals surface area contributed by atoms with Gasteiger partial charge in [-0.3, -0.25) is 0 Å². The lowest BCUT2D eigenvalue weighted by molar-refractivity contribution is 0.500. The molecule has 0 spiro atoms. The summed E-state index contributed by atoms with van der Waals surface area (Å²) in [5.74, 6) is 1.64. The van der Waals surface area contributed by atoms with Crippen LogP contribution in [0.4, 0.5) is 0 Å². The summed E-state index contributed by atoms with van der Waals surface area (Å²) in [7, 11) is 0. The van der Waals surface area contributed by atoms with Crippen LogP contribution in [0.15, 0.2) is 45.2 Å². The van der Waals surface area contributed by atoms with Crippen molar-refractivity contribution in [3.63, 3.8) is 0 Å². The smallest absolute Gasteiger partial charge is 0.208 e. The van der Waals surface area contributed by atoms with E-state index in [1.54, 1.807) is 0 Å². The zero-order valence-electron chi connectivity index (χ0n) is 19.2. The summed E-state index contributed by atoms with van der Waals surface area (Å²) in [6, 6.07) is 12.7. The normalized spacial score (nSPS) is 20.2. The molecule has 0 amide bonds. The number of oxazole rings is 2. The molecule has 0 aliphatic carbocycles. The first kappa shape index (κ1) is 20.6. The predicted octanol–water partition coefficient (Wildman–Crippen LogP) is 7.87. The van der Waals surface area contributed by atoms with E-state index in [0.29, 0.717) is 0 Å². The van der Waals surface area contributed by atoms with Gasteiger partial charge in [0.05, 0.1) is 10.5 Å². The standard InChI is InChI=1S/C26H30N2O2S/c1-25(2,3)15-8-10-19-18(13-15)28-24(29-19)22-12-11-21(31-22)23-27-17-9-7-16(26(4,5)6)14-20(17)30-23/h7-10,13-14,21-22H,11-12H2,1-6H3. The van der Waals surface area contributed by atoms with E-state index in [9.17, 15) is 0 Å². The first-order valence-electron chi connectivity index (χ1n) is 11.1. The van der Waals surface area contributed by atoms with Crippen molar-refractivity contribution in [3.8, 4) is 0 Å². The second kappa shape index (κ2) is 7.13. The van der Waals surface area contributed by atoms with Crippen LogP contribution in [-0.4, -0.2) is 9.97 Å². The summed E-state index contributed by atoms with van der Waals surface area (Å²) < 4.78 is 12.3. The lowest BCUT2D eigenvalue weighted by atomic mass is 9.87. The van der Waals surface area contributed by atoms with Gasteiger partial charge in [-0.05, 0) is 59.1 Å². The van der Waals surface area contributed by atoms with Crippen LogP contribution < -0.4 is 0 Å². The molecular weight excluding hydrogens is 404 g/mol. The molecule has 0 N–H and O–H groups in total. The van der Waals surface area contributed by atoms with E-state index in [4.69, 9.17) is 18.8 Å². The minimum atomic E-state index is 0.0914. The SMILES string of the molecule is CC(C)(C)c1ccc2oc(C3CCC(c4nc5ccc(C(C)(C)C)cc5o4)S3)nc2c1. The van der Waals surface area contributed by atoms with Gasteiger partial charge >= 0.3 is 0 Å². The minimum absolute atomic E-state index is 0.0914. The van der Waals surface area contributed by atoms with Crippen molar-refractivity contribution in [2.75, 3.05) is 0 Å². The van der Waals surface area contributed by atoms with Gasteiger partial charge < -0.3 is 8.83 Å². The van der Waals surface area contributed by atoms with Crippen LogP contribution in [0.3, 0.4) is 0 Å². The van der Waals surface area contributed by atoms with Crippen LogP contribution >= 0.6 is 11.8 Å². The molecule has 1 fully saturated rings. The van der Waals surface area contributed by atoms with Crippen molar-refractivity contribution in [1.29, 1.82) is 0 Å². The van der Waals surface area contributed by atoms with E-state index in [1.165, 1.54) is 11.1 Å². The molecule has 4 aromatic rings. The molecule has 5 heteroatoms. The molecule has 2 unspecified atom stereocenters. The molecule has 1 saturated heterocycles. The van der Waals surface area contributed by atoms with E-state index in [2.05, 4.69) is 77.9 Å². The van der Waals surface area contributed by atoms with Crippen molar-refractivity contribution < 1.29 is 8.83 Å². The quantitative estimate of drug-likeness (QED) is 0.321. The average Bonchev–Trinajstić information content (AvgIpc) is 3.41. The van der Waals surface area contributed by atoms with Crippen LogP contribution in [0.2, 0.25) is 0 Å². The summed E-state index contributed by atoms with van der Waals surface area (Å²) in [5, 5.41) is 0.464. The monoisotopic (exact) mass is 434 g/mol. The van der Waals surface area contributed by atoms with Gasteiger partial charge in [0.2, 0.25) is 11.8 Å². The van der Waals surface area contributed by atoms with Gasteiger partial charge in [-0.15, -0.1) is 11.8 Å². The molecule has 1 aliphatic rings. The zero-order chi connectivity index (χ0) is 22.0. The third-order valence-corrected chi connectivity index (χ3v) is 7.64. The lowest BCUT2D eigenvalue weighted by Crippen LogP contribution is -2.10. The summed E-state index contributed by atoms with van der Waals surface area (Å²) in [6.07, 6.45) is 2.03. The van der Waals surface area contributed by atoms with Gasteiger partial charge in [-0.1, -0.05) is 53.7 Å². The minimum Gasteiger partial charge on any atom is -0.439 e. The van der Waals surface area contributed by atoms with E-state index in [1.807, 2.05) is 11.8 Å². The number of nitrogens with zero attached hydrogens (tertiary/aromatic N) is 2. The predicted molar refractivity (Wildman–Crippen MR) is 128 cm³/mol. The fourth-order valence-electron chi connectivity index (χ4n) is 4.10. The fraction of sp³-hybridized carbons (Fsp3) is 0.462. The summed E-state index contributed by atoms with van der Waals surface area (Å²) in [5.41, 5.74) is 6.35. The van der Waals surface area contributed by atoms with Crippen molar-refractivity contribution >= 4 is 34.0 Å². The number of hydrogen-bond donors (Lipinski definition) is 0. The Morgan fingerprint density at radius 1 is 0.710 bits per heavy atom. The second-order valence-corrected chi connectivity index (χ2v) is 12.1. The Morgan fingerprint density at radius 3 is 1.90 bits per heavy atom. The van der Waals surface area contributed by atoms with Crippen LogP contribution in [-0.2, 0) is 10.8 Å². The highest BCUT2D eigenvalue weighted by Crippen LogP contribution is 2.52. The lowest BCUT2D eigenvalue weighted by Gasteiger charge is -2.18.